The van der Waals surface area contributed by atoms with Crippen molar-refractivity contribution in [1.82, 2.24) is 10.3 Å². The van der Waals surface area contributed by atoms with E-state index >= 15 is 0 Å². The second-order valence-corrected chi connectivity index (χ2v) is 6.70. The van der Waals surface area contributed by atoms with Gasteiger partial charge in [0.1, 0.15) is 5.01 Å². The van der Waals surface area contributed by atoms with Crippen molar-refractivity contribution in [2.24, 2.45) is 0 Å². The van der Waals surface area contributed by atoms with Crippen molar-refractivity contribution >= 4 is 23.3 Å². The van der Waals surface area contributed by atoms with Gasteiger partial charge in [-0.3, -0.25) is 0 Å². The molecule has 2 rings (SSSR count). The summed E-state index contributed by atoms with van der Waals surface area (Å²) in [6.45, 7) is 8.14. The SMILES string of the molecule is CCCOC(=O)C1=C(C)NC(C)=C(C(=O)OCCC)C1c1nccs1. The van der Waals surface area contributed by atoms with Crippen LogP contribution in [0.3, 0.4) is 0 Å². The van der Waals surface area contributed by atoms with Gasteiger partial charge in [-0.1, -0.05) is 13.8 Å². The Hall–Kier alpha value is -2.15. The number of ether oxygens (including phenoxy) is 2. The van der Waals surface area contributed by atoms with E-state index in [1.807, 2.05) is 19.2 Å². The van der Waals surface area contributed by atoms with Crippen molar-refractivity contribution in [3.63, 3.8) is 0 Å². The molecular formula is C18H24N2O4S. The third-order valence-corrected chi connectivity index (χ3v) is 4.61. The third kappa shape index (κ3) is 4.28. The van der Waals surface area contributed by atoms with E-state index in [2.05, 4.69) is 10.3 Å². The molecule has 1 aliphatic rings. The summed E-state index contributed by atoms with van der Waals surface area (Å²) in [5.41, 5.74) is 2.17. The van der Waals surface area contributed by atoms with E-state index in [0.29, 0.717) is 40.8 Å². The maximum atomic E-state index is 12.6. The molecule has 0 spiro atoms. The Balaban J connectivity index is 2.46. The summed E-state index contributed by atoms with van der Waals surface area (Å²) in [4.78, 5) is 29.6. The van der Waals surface area contributed by atoms with Crippen molar-refractivity contribution in [3.05, 3.63) is 39.1 Å². The average molecular weight is 364 g/mol. The highest BCUT2D eigenvalue weighted by atomic mass is 32.1. The summed E-state index contributed by atoms with van der Waals surface area (Å²) in [6.07, 6.45) is 3.12. The zero-order valence-corrected chi connectivity index (χ0v) is 15.9. The molecule has 7 heteroatoms. The van der Waals surface area contributed by atoms with Gasteiger partial charge >= 0.3 is 11.9 Å². The summed E-state index contributed by atoms with van der Waals surface area (Å²) in [5.74, 6) is -1.43. The van der Waals surface area contributed by atoms with Crippen molar-refractivity contribution in [1.29, 1.82) is 0 Å². The van der Waals surface area contributed by atoms with Crippen LogP contribution in [0.4, 0.5) is 0 Å². The number of hydrogen-bond acceptors (Lipinski definition) is 7. The Kier molecular flexibility index (Phi) is 6.75. The van der Waals surface area contributed by atoms with Gasteiger partial charge in [0.2, 0.25) is 0 Å². The predicted molar refractivity (Wildman–Crippen MR) is 95.9 cm³/mol. The highest BCUT2D eigenvalue weighted by Gasteiger charge is 2.39. The molecule has 1 aromatic heterocycles. The molecule has 0 radical (unpaired) electrons. The van der Waals surface area contributed by atoms with Gasteiger partial charge in [0.25, 0.3) is 0 Å². The first-order chi connectivity index (χ1) is 12.0. The highest BCUT2D eigenvalue weighted by Crippen LogP contribution is 2.39. The maximum absolute atomic E-state index is 12.6. The van der Waals surface area contributed by atoms with Crippen LogP contribution in [0.2, 0.25) is 0 Å². The number of aromatic nitrogens is 1. The van der Waals surface area contributed by atoms with E-state index in [1.165, 1.54) is 11.3 Å². The molecule has 0 amide bonds. The lowest BCUT2D eigenvalue weighted by Gasteiger charge is -2.29. The lowest BCUT2D eigenvalue weighted by atomic mass is 9.86. The molecule has 25 heavy (non-hydrogen) atoms. The molecule has 1 aromatic rings. The standard InChI is InChI=1S/C18H24N2O4S/c1-5-8-23-17(21)13-11(3)20-12(4)14(18(22)24-9-6-2)15(13)16-19-7-10-25-16/h7,10,15,20H,5-6,8-9H2,1-4H3. The monoisotopic (exact) mass is 364 g/mol. The number of hydrogen-bond donors (Lipinski definition) is 1. The normalized spacial score (nSPS) is 15.2. The number of thiazole rings is 1. The molecule has 136 valence electrons. The second-order valence-electron chi connectivity index (χ2n) is 5.78. The van der Waals surface area contributed by atoms with Crippen molar-refractivity contribution < 1.29 is 19.1 Å². The summed E-state index contributed by atoms with van der Waals surface area (Å²) in [6, 6.07) is 0. The number of rotatable bonds is 7. The molecule has 0 fully saturated rings. The number of allylic oxidation sites excluding steroid dienone is 2. The van der Waals surface area contributed by atoms with Crippen molar-refractivity contribution in [2.45, 2.75) is 46.5 Å². The first-order valence-electron chi connectivity index (χ1n) is 8.43. The number of carbonyl (C=O) groups is 2. The molecule has 0 saturated carbocycles. The number of dihydropyridines is 1. The molecule has 2 heterocycles. The van der Waals surface area contributed by atoms with Crippen LogP contribution in [0.25, 0.3) is 0 Å². The van der Waals surface area contributed by atoms with Gasteiger partial charge in [0, 0.05) is 23.0 Å². The van der Waals surface area contributed by atoms with E-state index in [9.17, 15) is 9.59 Å². The minimum absolute atomic E-state index is 0.332. The summed E-state index contributed by atoms with van der Waals surface area (Å²) < 4.78 is 10.7. The van der Waals surface area contributed by atoms with Crippen LogP contribution in [0, 0.1) is 0 Å². The quantitative estimate of drug-likeness (QED) is 0.748. The van der Waals surface area contributed by atoms with Crippen LogP contribution in [-0.2, 0) is 19.1 Å². The van der Waals surface area contributed by atoms with Gasteiger partial charge in [0.15, 0.2) is 0 Å². The minimum atomic E-state index is -0.574. The molecule has 1 aliphatic heterocycles. The Morgan fingerprint density at radius 2 is 1.60 bits per heavy atom. The number of nitrogens with zero attached hydrogens (tertiary/aromatic N) is 1. The Morgan fingerprint density at radius 1 is 1.08 bits per heavy atom. The Labute approximate surface area is 151 Å². The summed E-state index contributed by atoms with van der Waals surface area (Å²) in [7, 11) is 0. The predicted octanol–water partition coefficient (Wildman–Crippen LogP) is 3.28. The van der Waals surface area contributed by atoms with E-state index in [4.69, 9.17) is 9.47 Å². The molecule has 6 nitrogen and oxygen atoms in total. The van der Waals surface area contributed by atoms with Crippen molar-refractivity contribution in [3.8, 4) is 0 Å². The summed E-state index contributed by atoms with van der Waals surface area (Å²) in [5, 5.41) is 5.62. The molecule has 0 atom stereocenters. The lowest BCUT2D eigenvalue weighted by Crippen LogP contribution is -2.32. The topological polar surface area (TPSA) is 77.5 Å². The Bertz CT molecular complexity index is 650. The van der Waals surface area contributed by atoms with Crippen LogP contribution in [0.5, 0.6) is 0 Å². The van der Waals surface area contributed by atoms with E-state index in [0.717, 1.165) is 12.8 Å². The van der Waals surface area contributed by atoms with Gasteiger partial charge < -0.3 is 14.8 Å². The molecule has 0 unspecified atom stereocenters. The molecule has 0 aliphatic carbocycles. The number of nitrogens with one attached hydrogen (secondary N) is 1. The first kappa shape index (κ1) is 19.2. The van der Waals surface area contributed by atoms with Gasteiger partial charge in [-0.2, -0.15) is 0 Å². The zero-order chi connectivity index (χ0) is 18.4. The molecule has 0 bridgehead atoms. The van der Waals surface area contributed by atoms with Crippen LogP contribution in [0.15, 0.2) is 34.1 Å². The fraction of sp³-hybridized carbons (Fsp3) is 0.500. The molecular weight excluding hydrogens is 340 g/mol. The van der Waals surface area contributed by atoms with Crippen LogP contribution in [0.1, 0.15) is 51.5 Å². The van der Waals surface area contributed by atoms with Crippen LogP contribution >= 0.6 is 11.3 Å². The maximum Gasteiger partial charge on any atom is 0.336 e. The van der Waals surface area contributed by atoms with Gasteiger partial charge in [-0.05, 0) is 26.7 Å². The van der Waals surface area contributed by atoms with E-state index < -0.39 is 17.9 Å². The average Bonchev–Trinajstić information content (AvgIpc) is 3.11. The summed E-state index contributed by atoms with van der Waals surface area (Å²) >= 11 is 1.40. The lowest BCUT2D eigenvalue weighted by molar-refractivity contribution is -0.140. The van der Waals surface area contributed by atoms with Gasteiger partial charge in [0.05, 0.1) is 30.3 Å². The zero-order valence-electron chi connectivity index (χ0n) is 15.0. The minimum Gasteiger partial charge on any atom is -0.462 e. The molecule has 0 saturated heterocycles. The second kappa shape index (κ2) is 8.80. The van der Waals surface area contributed by atoms with Crippen molar-refractivity contribution in [2.75, 3.05) is 13.2 Å². The van der Waals surface area contributed by atoms with Crippen LogP contribution < -0.4 is 5.32 Å². The highest BCUT2D eigenvalue weighted by molar-refractivity contribution is 7.09. The van der Waals surface area contributed by atoms with Gasteiger partial charge in [-0.15, -0.1) is 11.3 Å². The van der Waals surface area contributed by atoms with Gasteiger partial charge in [-0.25, -0.2) is 14.6 Å². The first-order valence-corrected chi connectivity index (χ1v) is 9.31. The van der Waals surface area contributed by atoms with E-state index in [-0.39, 0.29) is 0 Å². The van der Waals surface area contributed by atoms with Crippen LogP contribution in [-0.4, -0.2) is 30.1 Å². The molecule has 1 N–H and O–H groups in total. The third-order valence-electron chi connectivity index (χ3n) is 3.77. The molecule has 0 aromatic carbocycles. The fourth-order valence-corrected chi connectivity index (χ4v) is 3.46. The number of carbonyl (C=O) groups excluding carboxylic acids is 2. The Morgan fingerprint density at radius 3 is 2.00 bits per heavy atom. The fourth-order valence-electron chi connectivity index (χ4n) is 2.70. The number of esters is 2. The largest absolute Gasteiger partial charge is 0.462 e. The smallest absolute Gasteiger partial charge is 0.336 e. The van der Waals surface area contributed by atoms with E-state index in [1.54, 1.807) is 20.0 Å².